The molecule has 1 aliphatic heterocycles. The van der Waals surface area contributed by atoms with Crippen LogP contribution in [0.5, 0.6) is 5.75 Å². The molecular formula is C18H25NO4. The zero-order valence-corrected chi connectivity index (χ0v) is 14.0. The highest BCUT2D eigenvalue weighted by atomic mass is 16.5. The van der Waals surface area contributed by atoms with E-state index in [1.165, 1.54) is 0 Å². The van der Waals surface area contributed by atoms with E-state index in [4.69, 9.17) is 4.74 Å². The van der Waals surface area contributed by atoms with Gasteiger partial charge in [0.2, 0.25) is 5.91 Å². The van der Waals surface area contributed by atoms with E-state index in [1.807, 2.05) is 45.0 Å². The van der Waals surface area contributed by atoms with Gasteiger partial charge in [0.25, 0.3) is 0 Å². The molecule has 0 unspecified atom stereocenters. The summed E-state index contributed by atoms with van der Waals surface area (Å²) >= 11 is 0. The molecule has 5 nitrogen and oxygen atoms in total. The number of likely N-dealkylation sites (tertiary alicyclic amines) is 1. The summed E-state index contributed by atoms with van der Waals surface area (Å²) in [6.07, 6.45) is 1.64. The molecule has 2 atom stereocenters. The average molecular weight is 319 g/mol. The fourth-order valence-electron chi connectivity index (χ4n) is 3.11. The van der Waals surface area contributed by atoms with Crippen LogP contribution < -0.4 is 4.74 Å². The van der Waals surface area contributed by atoms with Crippen molar-refractivity contribution in [2.24, 2.45) is 5.92 Å². The van der Waals surface area contributed by atoms with Crippen LogP contribution in [-0.4, -0.2) is 40.6 Å². The predicted octanol–water partition coefficient (Wildman–Crippen LogP) is 2.73. The van der Waals surface area contributed by atoms with Gasteiger partial charge in [0.1, 0.15) is 5.75 Å². The van der Waals surface area contributed by atoms with Crippen molar-refractivity contribution in [2.75, 3.05) is 6.54 Å². The Morgan fingerprint density at radius 3 is 2.70 bits per heavy atom. The molecule has 1 amide bonds. The van der Waals surface area contributed by atoms with Gasteiger partial charge in [0.15, 0.2) is 0 Å². The monoisotopic (exact) mass is 319 g/mol. The molecule has 1 aliphatic rings. The van der Waals surface area contributed by atoms with Crippen molar-refractivity contribution < 1.29 is 19.4 Å². The van der Waals surface area contributed by atoms with Gasteiger partial charge in [-0.15, -0.1) is 0 Å². The number of carboxylic acid groups (broad SMARTS) is 1. The van der Waals surface area contributed by atoms with Crippen LogP contribution in [0.3, 0.4) is 0 Å². The Hall–Kier alpha value is -2.04. The highest BCUT2D eigenvalue weighted by Crippen LogP contribution is 2.26. The number of nitrogens with zero attached hydrogens (tertiary/aromatic N) is 1. The number of ether oxygens (including phenoxy) is 1. The van der Waals surface area contributed by atoms with E-state index in [0.29, 0.717) is 13.0 Å². The highest BCUT2D eigenvalue weighted by molar-refractivity contribution is 5.81. The topological polar surface area (TPSA) is 66.8 Å². The first-order valence-electron chi connectivity index (χ1n) is 8.17. The van der Waals surface area contributed by atoms with Gasteiger partial charge >= 0.3 is 5.97 Å². The Kier molecular flexibility index (Phi) is 5.64. The highest BCUT2D eigenvalue weighted by Gasteiger charge is 2.35. The second-order valence-corrected chi connectivity index (χ2v) is 6.37. The molecular weight excluding hydrogens is 294 g/mol. The van der Waals surface area contributed by atoms with Crippen LogP contribution >= 0.6 is 0 Å². The molecule has 1 saturated heterocycles. The number of benzene rings is 1. The fraction of sp³-hybridized carbons (Fsp3) is 0.556. The Labute approximate surface area is 137 Å². The van der Waals surface area contributed by atoms with Crippen molar-refractivity contribution in [3.05, 3.63) is 29.8 Å². The molecule has 2 rings (SSSR count). The summed E-state index contributed by atoms with van der Waals surface area (Å²) in [4.78, 5) is 25.7. The van der Waals surface area contributed by atoms with Gasteiger partial charge in [-0.05, 0) is 39.7 Å². The number of amides is 1. The molecule has 0 aliphatic carbocycles. The number of hydrogen-bond acceptors (Lipinski definition) is 3. The number of para-hydroxylation sites is 1. The van der Waals surface area contributed by atoms with E-state index in [9.17, 15) is 14.7 Å². The van der Waals surface area contributed by atoms with Gasteiger partial charge in [-0.2, -0.15) is 0 Å². The second kappa shape index (κ2) is 7.49. The maximum Gasteiger partial charge on any atom is 0.308 e. The number of carbonyl (C=O) groups excluding carboxylic acids is 1. The molecule has 23 heavy (non-hydrogen) atoms. The summed E-state index contributed by atoms with van der Waals surface area (Å²) in [5.74, 6) is -0.619. The molecule has 0 saturated carbocycles. The third-order valence-electron chi connectivity index (χ3n) is 4.30. The lowest BCUT2D eigenvalue weighted by atomic mass is 9.90. The standard InChI is InChI=1S/C18H25NO4/c1-12(2)23-16-9-5-4-7-14(16)11-17(20)19-10-6-8-15(13(19)3)18(21)22/h4-5,7,9,12-13,15H,6,8,10-11H2,1-3H3,(H,21,22)/t13-,15-/m0/s1. The molecule has 1 fully saturated rings. The van der Waals surface area contributed by atoms with E-state index < -0.39 is 11.9 Å². The summed E-state index contributed by atoms with van der Waals surface area (Å²) in [5.41, 5.74) is 0.843. The van der Waals surface area contributed by atoms with Crippen molar-refractivity contribution in [1.29, 1.82) is 0 Å². The van der Waals surface area contributed by atoms with Crippen LogP contribution in [0, 0.1) is 5.92 Å². The molecule has 1 aromatic carbocycles. The molecule has 0 bridgehead atoms. The first-order valence-corrected chi connectivity index (χ1v) is 8.17. The predicted molar refractivity (Wildman–Crippen MR) is 87.4 cm³/mol. The zero-order valence-electron chi connectivity index (χ0n) is 14.0. The SMILES string of the molecule is CC(C)Oc1ccccc1CC(=O)N1CCC[C@H](C(=O)O)[C@@H]1C. The van der Waals surface area contributed by atoms with Crippen LogP contribution in [0.2, 0.25) is 0 Å². The Morgan fingerprint density at radius 1 is 1.35 bits per heavy atom. The molecule has 1 N–H and O–H groups in total. The first kappa shape index (κ1) is 17.3. The van der Waals surface area contributed by atoms with E-state index in [0.717, 1.165) is 17.7 Å². The van der Waals surface area contributed by atoms with Gasteiger partial charge in [0, 0.05) is 18.2 Å². The summed E-state index contributed by atoms with van der Waals surface area (Å²) in [7, 11) is 0. The second-order valence-electron chi connectivity index (χ2n) is 6.37. The zero-order chi connectivity index (χ0) is 17.0. The third-order valence-corrected chi connectivity index (χ3v) is 4.30. The van der Waals surface area contributed by atoms with E-state index in [1.54, 1.807) is 4.90 Å². The number of aliphatic carboxylic acids is 1. The molecule has 1 aromatic rings. The van der Waals surface area contributed by atoms with E-state index in [-0.39, 0.29) is 24.5 Å². The number of piperidine rings is 1. The lowest BCUT2D eigenvalue weighted by Crippen LogP contribution is -2.49. The molecule has 0 radical (unpaired) electrons. The number of hydrogen-bond donors (Lipinski definition) is 1. The average Bonchev–Trinajstić information content (AvgIpc) is 2.48. The van der Waals surface area contributed by atoms with Gasteiger partial charge in [0.05, 0.1) is 18.4 Å². The van der Waals surface area contributed by atoms with E-state index in [2.05, 4.69) is 0 Å². The Morgan fingerprint density at radius 2 is 2.04 bits per heavy atom. The molecule has 0 spiro atoms. The number of rotatable bonds is 5. The maximum absolute atomic E-state index is 12.7. The van der Waals surface area contributed by atoms with Crippen LogP contribution in [-0.2, 0) is 16.0 Å². The van der Waals surface area contributed by atoms with Gasteiger partial charge in [-0.3, -0.25) is 9.59 Å². The Balaban J connectivity index is 2.11. The van der Waals surface area contributed by atoms with Crippen molar-refractivity contribution in [3.8, 4) is 5.75 Å². The lowest BCUT2D eigenvalue weighted by molar-refractivity contribution is -0.148. The summed E-state index contributed by atoms with van der Waals surface area (Å²) in [6.45, 7) is 6.34. The van der Waals surface area contributed by atoms with Gasteiger partial charge < -0.3 is 14.7 Å². The summed E-state index contributed by atoms with van der Waals surface area (Å²) in [6, 6.07) is 7.25. The first-order chi connectivity index (χ1) is 10.9. The molecule has 126 valence electrons. The minimum absolute atomic E-state index is 0.0385. The molecule has 5 heteroatoms. The quantitative estimate of drug-likeness (QED) is 0.906. The van der Waals surface area contributed by atoms with Crippen LogP contribution in [0.4, 0.5) is 0 Å². The van der Waals surface area contributed by atoms with E-state index >= 15 is 0 Å². The summed E-state index contributed by atoms with van der Waals surface area (Å²) in [5, 5.41) is 9.28. The van der Waals surface area contributed by atoms with Gasteiger partial charge in [-0.1, -0.05) is 18.2 Å². The largest absolute Gasteiger partial charge is 0.491 e. The smallest absolute Gasteiger partial charge is 0.308 e. The van der Waals surface area contributed by atoms with Crippen LogP contribution in [0.15, 0.2) is 24.3 Å². The van der Waals surface area contributed by atoms with Crippen molar-refractivity contribution in [2.45, 2.75) is 52.2 Å². The third kappa shape index (κ3) is 4.24. The van der Waals surface area contributed by atoms with Gasteiger partial charge in [-0.25, -0.2) is 0 Å². The fourth-order valence-corrected chi connectivity index (χ4v) is 3.11. The lowest BCUT2D eigenvalue weighted by Gasteiger charge is -2.37. The molecule has 0 aromatic heterocycles. The van der Waals surface area contributed by atoms with Crippen molar-refractivity contribution >= 4 is 11.9 Å². The minimum Gasteiger partial charge on any atom is -0.491 e. The number of carboxylic acids is 1. The maximum atomic E-state index is 12.7. The normalized spacial score (nSPS) is 21.3. The Bertz CT molecular complexity index is 570. The van der Waals surface area contributed by atoms with Crippen molar-refractivity contribution in [1.82, 2.24) is 4.90 Å². The number of carbonyl (C=O) groups is 2. The van der Waals surface area contributed by atoms with Crippen LogP contribution in [0.25, 0.3) is 0 Å². The van der Waals surface area contributed by atoms with Crippen molar-refractivity contribution in [3.63, 3.8) is 0 Å². The minimum atomic E-state index is -0.821. The molecule has 1 heterocycles. The summed E-state index contributed by atoms with van der Waals surface area (Å²) < 4.78 is 5.75. The van der Waals surface area contributed by atoms with Crippen LogP contribution in [0.1, 0.15) is 39.2 Å².